The van der Waals surface area contributed by atoms with Gasteiger partial charge in [-0.1, -0.05) is 23.9 Å². The highest BCUT2D eigenvalue weighted by molar-refractivity contribution is 8.26. The van der Waals surface area contributed by atoms with Gasteiger partial charge in [-0.15, -0.1) is 0 Å². The summed E-state index contributed by atoms with van der Waals surface area (Å²) in [6.07, 6.45) is 1.65. The normalized spacial score (nSPS) is 14.9. The average Bonchev–Trinajstić information content (AvgIpc) is 3.00. The first-order valence-corrected chi connectivity index (χ1v) is 9.65. The van der Waals surface area contributed by atoms with Gasteiger partial charge < -0.3 is 14.2 Å². The summed E-state index contributed by atoms with van der Waals surface area (Å²) in [5.74, 6) is 0.797. The zero-order chi connectivity index (χ0) is 21.0. The van der Waals surface area contributed by atoms with E-state index in [1.165, 1.54) is 14.2 Å². The number of para-hydroxylation sites is 1. The summed E-state index contributed by atoms with van der Waals surface area (Å²) in [6, 6.07) is 11.9. The highest BCUT2D eigenvalue weighted by atomic mass is 32.2. The Kier molecular flexibility index (Phi) is 6.40. The van der Waals surface area contributed by atoms with Crippen molar-refractivity contribution in [1.29, 1.82) is 0 Å². The fraction of sp³-hybridized carbons (Fsp3) is 0.150. The minimum atomic E-state index is -0.454. The van der Waals surface area contributed by atoms with Crippen LogP contribution in [-0.4, -0.2) is 42.5 Å². The van der Waals surface area contributed by atoms with Crippen LogP contribution in [0.1, 0.15) is 15.9 Å². The first kappa shape index (κ1) is 20.7. The summed E-state index contributed by atoms with van der Waals surface area (Å²) in [6.45, 7) is 0. The van der Waals surface area contributed by atoms with E-state index < -0.39 is 11.8 Å². The first-order valence-electron chi connectivity index (χ1n) is 8.42. The van der Waals surface area contributed by atoms with E-state index in [9.17, 15) is 9.59 Å². The highest BCUT2D eigenvalue weighted by Crippen LogP contribution is 2.36. The van der Waals surface area contributed by atoms with Gasteiger partial charge in [0.1, 0.15) is 5.75 Å². The second-order valence-corrected chi connectivity index (χ2v) is 7.45. The zero-order valence-corrected chi connectivity index (χ0v) is 17.6. The van der Waals surface area contributed by atoms with Crippen molar-refractivity contribution < 1.29 is 23.8 Å². The molecule has 1 aliphatic heterocycles. The predicted octanol–water partition coefficient (Wildman–Crippen LogP) is 3.26. The molecule has 0 bridgehead atoms. The summed E-state index contributed by atoms with van der Waals surface area (Å²) < 4.78 is 16.0. The van der Waals surface area contributed by atoms with Crippen LogP contribution < -0.4 is 19.6 Å². The van der Waals surface area contributed by atoms with Gasteiger partial charge in [-0.2, -0.15) is 5.01 Å². The SMILES string of the molecule is COc1ccc(C(=O)NN2C(=O)/C(=C\c3cccc(OC)c3OC)SC2=S)cc1. The van der Waals surface area contributed by atoms with Crippen molar-refractivity contribution in [1.82, 2.24) is 10.4 Å². The lowest BCUT2D eigenvalue weighted by Crippen LogP contribution is -2.44. The minimum Gasteiger partial charge on any atom is -0.497 e. The molecule has 0 radical (unpaired) electrons. The van der Waals surface area contributed by atoms with Crippen LogP contribution in [0.3, 0.4) is 0 Å². The Balaban J connectivity index is 1.81. The van der Waals surface area contributed by atoms with Gasteiger partial charge in [-0.3, -0.25) is 15.0 Å². The molecule has 1 N–H and O–H groups in total. The van der Waals surface area contributed by atoms with Gasteiger partial charge in [0.25, 0.3) is 11.8 Å². The lowest BCUT2D eigenvalue weighted by Gasteiger charge is -2.15. The Morgan fingerprint density at radius 2 is 1.79 bits per heavy atom. The zero-order valence-electron chi connectivity index (χ0n) is 15.9. The number of carbonyl (C=O) groups is 2. The van der Waals surface area contributed by atoms with Gasteiger partial charge in [-0.25, -0.2) is 0 Å². The number of hydrazine groups is 1. The molecule has 1 heterocycles. The third-order valence-corrected chi connectivity index (χ3v) is 5.38. The summed E-state index contributed by atoms with van der Waals surface area (Å²) in [5.41, 5.74) is 3.58. The maximum absolute atomic E-state index is 12.8. The second kappa shape index (κ2) is 8.97. The van der Waals surface area contributed by atoms with Crippen molar-refractivity contribution in [3.05, 3.63) is 58.5 Å². The number of benzene rings is 2. The Morgan fingerprint density at radius 3 is 2.41 bits per heavy atom. The lowest BCUT2D eigenvalue weighted by molar-refractivity contribution is -0.123. The summed E-state index contributed by atoms with van der Waals surface area (Å²) in [7, 11) is 4.60. The number of hydrogen-bond acceptors (Lipinski definition) is 7. The molecule has 1 fully saturated rings. The number of nitrogens with zero attached hydrogens (tertiary/aromatic N) is 1. The molecule has 150 valence electrons. The van der Waals surface area contributed by atoms with Crippen LogP contribution in [0.5, 0.6) is 17.2 Å². The van der Waals surface area contributed by atoms with Crippen LogP contribution in [0.15, 0.2) is 47.4 Å². The first-order chi connectivity index (χ1) is 14.0. The smallest absolute Gasteiger partial charge is 0.285 e. The summed E-state index contributed by atoms with van der Waals surface area (Å²) in [5, 5.41) is 1.06. The highest BCUT2D eigenvalue weighted by Gasteiger charge is 2.34. The third kappa shape index (κ3) is 4.36. The standard InChI is InChI=1S/C20H18N2O5S2/c1-25-14-9-7-12(8-10-14)18(23)21-22-19(24)16(29-20(22)28)11-13-5-4-6-15(26-2)17(13)27-3/h4-11H,1-3H3,(H,21,23)/b16-11+. The van der Waals surface area contributed by atoms with Gasteiger partial charge in [0.15, 0.2) is 15.8 Å². The molecule has 0 spiro atoms. The fourth-order valence-electron chi connectivity index (χ4n) is 2.64. The lowest BCUT2D eigenvalue weighted by atomic mass is 10.1. The maximum Gasteiger partial charge on any atom is 0.285 e. The quantitative estimate of drug-likeness (QED) is 0.557. The van der Waals surface area contributed by atoms with Crippen LogP contribution >= 0.6 is 24.0 Å². The van der Waals surface area contributed by atoms with E-state index in [1.807, 2.05) is 0 Å². The molecule has 3 rings (SSSR count). The van der Waals surface area contributed by atoms with Crippen molar-refractivity contribution in [2.24, 2.45) is 0 Å². The number of rotatable bonds is 6. The van der Waals surface area contributed by atoms with Crippen molar-refractivity contribution in [2.45, 2.75) is 0 Å². The molecule has 0 aliphatic carbocycles. The number of thioether (sulfide) groups is 1. The molecule has 1 aliphatic rings. The number of amides is 2. The summed E-state index contributed by atoms with van der Waals surface area (Å²) >= 11 is 6.36. The van der Waals surface area contributed by atoms with Crippen LogP contribution in [0.4, 0.5) is 0 Å². The predicted molar refractivity (Wildman–Crippen MR) is 115 cm³/mol. The third-order valence-electron chi connectivity index (χ3n) is 4.08. The molecule has 0 unspecified atom stereocenters. The number of methoxy groups -OCH3 is 3. The van der Waals surface area contributed by atoms with Crippen molar-refractivity contribution >= 4 is 46.2 Å². The van der Waals surface area contributed by atoms with Crippen molar-refractivity contribution in [3.63, 3.8) is 0 Å². The van der Waals surface area contributed by atoms with Crippen molar-refractivity contribution in [3.8, 4) is 17.2 Å². The molecule has 2 aromatic carbocycles. The van der Waals surface area contributed by atoms with Crippen LogP contribution in [0.25, 0.3) is 6.08 Å². The summed E-state index contributed by atoms with van der Waals surface area (Å²) in [4.78, 5) is 25.6. The van der Waals surface area contributed by atoms with Crippen molar-refractivity contribution in [2.75, 3.05) is 21.3 Å². The number of thiocarbonyl (C=S) groups is 1. The maximum atomic E-state index is 12.8. The number of hydrogen-bond donors (Lipinski definition) is 1. The molecular weight excluding hydrogens is 412 g/mol. The van der Waals surface area contributed by atoms with E-state index in [2.05, 4.69) is 5.43 Å². The molecule has 29 heavy (non-hydrogen) atoms. The van der Waals surface area contributed by atoms with Crippen LogP contribution in [0.2, 0.25) is 0 Å². The topological polar surface area (TPSA) is 77.1 Å². The number of nitrogens with one attached hydrogen (secondary N) is 1. The van der Waals surface area contributed by atoms with Gasteiger partial charge >= 0.3 is 0 Å². The largest absolute Gasteiger partial charge is 0.497 e. The molecule has 2 aromatic rings. The Bertz CT molecular complexity index is 989. The van der Waals surface area contributed by atoms with E-state index in [0.717, 1.165) is 16.8 Å². The van der Waals surface area contributed by atoms with E-state index in [4.69, 9.17) is 26.4 Å². The van der Waals surface area contributed by atoms with E-state index in [0.29, 0.717) is 33.3 Å². The van der Waals surface area contributed by atoms with Crippen LogP contribution in [-0.2, 0) is 4.79 Å². The fourth-order valence-corrected chi connectivity index (χ4v) is 3.81. The molecule has 0 saturated carbocycles. The molecule has 9 heteroatoms. The van der Waals surface area contributed by atoms with Gasteiger partial charge in [0.2, 0.25) is 0 Å². The Labute approximate surface area is 177 Å². The Morgan fingerprint density at radius 1 is 1.07 bits per heavy atom. The average molecular weight is 431 g/mol. The van der Waals surface area contributed by atoms with Gasteiger partial charge in [-0.05, 0) is 48.6 Å². The number of ether oxygens (including phenoxy) is 3. The Hall–Kier alpha value is -3.04. The molecule has 2 amide bonds. The van der Waals surface area contributed by atoms with Gasteiger partial charge in [0, 0.05) is 11.1 Å². The molecule has 7 nitrogen and oxygen atoms in total. The second-order valence-electron chi connectivity index (χ2n) is 5.77. The molecule has 0 aromatic heterocycles. The van der Waals surface area contributed by atoms with Gasteiger partial charge in [0.05, 0.1) is 26.2 Å². The minimum absolute atomic E-state index is 0.227. The van der Waals surface area contributed by atoms with E-state index in [-0.39, 0.29) is 4.32 Å². The van der Waals surface area contributed by atoms with E-state index in [1.54, 1.807) is 55.7 Å². The number of carbonyl (C=O) groups excluding carboxylic acids is 2. The monoisotopic (exact) mass is 430 g/mol. The molecular formula is C20H18N2O5S2. The molecule has 1 saturated heterocycles. The van der Waals surface area contributed by atoms with Crippen LogP contribution in [0, 0.1) is 0 Å². The molecule has 0 atom stereocenters. The van der Waals surface area contributed by atoms with E-state index >= 15 is 0 Å².